The van der Waals surface area contributed by atoms with Gasteiger partial charge in [0.05, 0.1) is 12.2 Å². The number of carbonyl (C=O) groups is 3. The highest BCUT2D eigenvalue weighted by atomic mass is 16.9. The summed E-state index contributed by atoms with van der Waals surface area (Å²) < 4.78 is 5.15. The van der Waals surface area contributed by atoms with E-state index in [1.54, 1.807) is 24.3 Å². The Morgan fingerprint density at radius 1 is 0.930 bits per heavy atom. The molecular weight excluding hydrogens is 556 g/mol. The zero-order valence-electron chi connectivity index (χ0n) is 25.3. The zero-order chi connectivity index (χ0) is 31.5. The summed E-state index contributed by atoms with van der Waals surface area (Å²) in [6.45, 7) is 1.77. The molecular formula is C32H48N2O9. The number of aliphatic hydroxyl groups excluding tert-OH is 2. The van der Waals surface area contributed by atoms with Crippen LogP contribution in [0.1, 0.15) is 102 Å². The van der Waals surface area contributed by atoms with Gasteiger partial charge in [-0.3, -0.25) is 14.4 Å². The van der Waals surface area contributed by atoms with Crippen LogP contribution in [-0.4, -0.2) is 51.7 Å². The molecule has 0 heterocycles. The van der Waals surface area contributed by atoms with Gasteiger partial charge in [-0.05, 0) is 61.5 Å². The molecule has 43 heavy (non-hydrogen) atoms. The third kappa shape index (κ3) is 15.1. The Labute approximate surface area is 254 Å². The number of ether oxygens (including phenoxy) is 1. The van der Waals surface area contributed by atoms with Crippen molar-refractivity contribution in [2.75, 3.05) is 6.54 Å². The van der Waals surface area contributed by atoms with E-state index in [1.807, 2.05) is 12.2 Å². The second-order valence-electron chi connectivity index (χ2n) is 11.3. The number of nitrogens with one attached hydrogen (secondary N) is 1. The molecule has 0 spiro atoms. The standard InChI is InChI=1S/C32H48N2O9/c1-2-3-4-5-8-11-26(35)18-19-28-27(29(36)20-30(28)37)12-9-6-7-10-13-31(38)33-21-32(39)42-22-24-14-16-25(17-15-24)23-43-34(40)41/h6,9,14-17,27-30,36-37H,2-5,7-8,10-13,18-23H2,1H3,(H,33,38)/b9-6-/t27-,28-,29+,30-/m1/s1. The molecule has 4 atom stereocenters. The molecule has 0 aliphatic heterocycles. The van der Waals surface area contributed by atoms with E-state index >= 15 is 0 Å². The normalized spacial score (nSPS) is 19.8. The van der Waals surface area contributed by atoms with Gasteiger partial charge in [0.15, 0.2) is 0 Å². The molecule has 1 aliphatic rings. The molecule has 1 aliphatic carbocycles. The molecule has 0 radical (unpaired) electrons. The Morgan fingerprint density at radius 2 is 1.60 bits per heavy atom. The summed E-state index contributed by atoms with van der Waals surface area (Å²) in [5, 5.41) is 32.8. The number of ketones is 1. The number of hydrogen-bond donors (Lipinski definition) is 3. The monoisotopic (exact) mass is 604 g/mol. The fourth-order valence-corrected chi connectivity index (χ4v) is 5.37. The summed E-state index contributed by atoms with van der Waals surface area (Å²) in [6, 6.07) is 6.62. The maximum absolute atomic E-state index is 12.3. The van der Waals surface area contributed by atoms with Gasteiger partial charge in [-0.15, -0.1) is 10.1 Å². The quantitative estimate of drug-likeness (QED) is 0.0557. The largest absolute Gasteiger partial charge is 0.460 e. The van der Waals surface area contributed by atoms with Gasteiger partial charge in [-0.1, -0.05) is 69.0 Å². The first-order valence-electron chi connectivity index (χ1n) is 15.5. The second kappa shape index (κ2) is 20.6. The van der Waals surface area contributed by atoms with E-state index < -0.39 is 23.3 Å². The molecule has 11 nitrogen and oxygen atoms in total. The number of benzene rings is 1. The summed E-state index contributed by atoms with van der Waals surface area (Å²) in [4.78, 5) is 50.9. The van der Waals surface area contributed by atoms with Crippen LogP contribution >= 0.6 is 0 Å². The highest BCUT2D eigenvalue weighted by Gasteiger charge is 2.40. The third-order valence-corrected chi connectivity index (χ3v) is 7.88. The SMILES string of the molecule is CCCCCCCC(=O)CC[C@@H]1[C@@H](C/C=C\CCCC(=O)NCC(=O)OCc2ccc(CO[N+](=O)[O-])cc2)[C@@H](O)C[C@H]1O. The summed E-state index contributed by atoms with van der Waals surface area (Å²) in [7, 11) is 0. The smallest absolute Gasteiger partial charge is 0.325 e. The van der Waals surface area contributed by atoms with Crippen molar-refractivity contribution in [3.8, 4) is 0 Å². The molecule has 1 amide bonds. The van der Waals surface area contributed by atoms with E-state index in [4.69, 9.17) is 4.74 Å². The molecule has 1 aromatic rings. The first-order chi connectivity index (χ1) is 20.7. The van der Waals surface area contributed by atoms with Gasteiger partial charge in [-0.2, -0.15) is 0 Å². The van der Waals surface area contributed by atoms with E-state index in [0.717, 1.165) is 19.3 Å². The van der Waals surface area contributed by atoms with Crippen molar-refractivity contribution in [2.45, 2.75) is 116 Å². The number of amides is 1. The molecule has 2 rings (SSSR count). The summed E-state index contributed by atoms with van der Waals surface area (Å²) in [5.41, 5.74) is 1.31. The van der Waals surface area contributed by atoms with Gasteiger partial charge in [-0.25, -0.2) is 0 Å². The summed E-state index contributed by atoms with van der Waals surface area (Å²) >= 11 is 0. The van der Waals surface area contributed by atoms with E-state index in [1.165, 1.54) is 12.8 Å². The van der Waals surface area contributed by atoms with Gasteiger partial charge in [0.2, 0.25) is 5.91 Å². The van der Waals surface area contributed by atoms with Gasteiger partial charge < -0.3 is 25.1 Å². The molecule has 0 bridgehead atoms. The number of nitrogens with zero attached hydrogens (tertiary/aromatic N) is 1. The number of carbonyl (C=O) groups excluding carboxylic acids is 3. The minimum absolute atomic E-state index is 0.0128. The Balaban J connectivity index is 1.58. The third-order valence-electron chi connectivity index (χ3n) is 7.88. The predicted molar refractivity (Wildman–Crippen MR) is 160 cm³/mol. The minimum Gasteiger partial charge on any atom is -0.460 e. The van der Waals surface area contributed by atoms with Crippen LogP contribution in [0.2, 0.25) is 0 Å². The Morgan fingerprint density at radius 3 is 2.30 bits per heavy atom. The van der Waals surface area contributed by atoms with Gasteiger partial charge in [0, 0.05) is 19.3 Å². The van der Waals surface area contributed by atoms with Crippen molar-refractivity contribution in [2.24, 2.45) is 11.8 Å². The first kappa shape index (κ1) is 35.9. The lowest BCUT2D eigenvalue weighted by atomic mass is 9.86. The lowest BCUT2D eigenvalue weighted by Crippen LogP contribution is -2.30. The molecule has 0 saturated heterocycles. The highest BCUT2D eigenvalue weighted by Crippen LogP contribution is 2.38. The van der Waals surface area contributed by atoms with Crippen LogP contribution in [0.5, 0.6) is 0 Å². The van der Waals surface area contributed by atoms with Crippen LogP contribution in [0.3, 0.4) is 0 Å². The Hall–Kier alpha value is -3.31. The molecule has 240 valence electrons. The van der Waals surface area contributed by atoms with Crippen molar-refractivity contribution >= 4 is 17.7 Å². The topological polar surface area (TPSA) is 165 Å². The van der Waals surface area contributed by atoms with Crippen molar-refractivity contribution in [3.63, 3.8) is 0 Å². The van der Waals surface area contributed by atoms with Crippen molar-refractivity contribution in [1.82, 2.24) is 5.32 Å². The van der Waals surface area contributed by atoms with Crippen LogP contribution in [0.15, 0.2) is 36.4 Å². The van der Waals surface area contributed by atoms with Gasteiger partial charge in [0.25, 0.3) is 5.09 Å². The fraction of sp³-hybridized carbons (Fsp3) is 0.656. The molecule has 0 unspecified atom stereocenters. The van der Waals surface area contributed by atoms with Gasteiger partial charge >= 0.3 is 5.97 Å². The maximum Gasteiger partial charge on any atom is 0.325 e. The van der Waals surface area contributed by atoms with E-state index in [9.17, 15) is 34.7 Å². The number of hydrogen-bond acceptors (Lipinski definition) is 9. The Kier molecular flexibility index (Phi) is 17.2. The summed E-state index contributed by atoms with van der Waals surface area (Å²) in [6.07, 6.45) is 12.4. The van der Waals surface area contributed by atoms with Crippen LogP contribution in [0.4, 0.5) is 0 Å². The average molecular weight is 605 g/mol. The molecule has 0 aromatic heterocycles. The number of Topliss-reactive ketones (excluding diaryl/α,β-unsaturated/α-hetero) is 1. The van der Waals surface area contributed by atoms with Gasteiger partial charge in [0.1, 0.15) is 25.5 Å². The number of rotatable bonds is 22. The molecule has 1 saturated carbocycles. The number of esters is 1. The van der Waals surface area contributed by atoms with E-state index in [0.29, 0.717) is 56.1 Å². The lowest BCUT2D eigenvalue weighted by Gasteiger charge is -2.22. The Bertz CT molecular complexity index is 1030. The second-order valence-corrected chi connectivity index (χ2v) is 11.3. The molecule has 11 heteroatoms. The minimum atomic E-state index is -0.865. The fourth-order valence-electron chi connectivity index (χ4n) is 5.37. The number of unbranched alkanes of at least 4 members (excludes halogenated alkanes) is 5. The summed E-state index contributed by atoms with van der Waals surface area (Å²) in [5.74, 6) is -0.776. The first-order valence-corrected chi connectivity index (χ1v) is 15.5. The lowest BCUT2D eigenvalue weighted by molar-refractivity contribution is -0.763. The van der Waals surface area contributed by atoms with E-state index in [2.05, 4.69) is 17.1 Å². The van der Waals surface area contributed by atoms with Crippen LogP contribution in [0, 0.1) is 22.0 Å². The number of aliphatic hydroxyl groups is 2. The van der Waals surface area contributed by atoms with Crippen molar-refractivity contribution in [3.05, 3.63) is 57.7 Å². The average Bonchev–Trinajstić information content (AvgIpc) is 3.26. The van der Waals surface area contributed by atoms with Crippen LogP contribution in [-0.2, 0) is 37.2 Å². The molecule has 1 fully saturated rings. The number of allylic oxidation sites excluding steroid dienone is 2. The zero-order valence-corrected chi connectivity index (χ0v) is 25.3. The van der Waals surface area contributed by atoms with Crippen LogP contribution < -0.4 is 5.32 Å². The predicted octanol–water partition coefficient (Wildman–Crippen LogP) is 4.74. The maximum atomic E-state index is 12.3. The van der Waals surface area contributed by atoms with Crippen LogP contribution in [0.25, 0.3) is 0 Å². The molecule has 1 aromatic carbocycles. The van der Waals surface area contributed by atoms with Crippen molar-refractivity contribution < 1.29 is 39.3 Å². The van der Waals surface area contributed by atoms with Crippen molar-refractivity contribution in [1.29, 1.82) is 0 Å². The van der Waals surface area contributed by atoms with E-state index in [-0.39, 0.29) is 49.7 Å². The highest BCUT2D eigenvalue weighted by molar-refractivity contribution is 5.81. The molecule has 3 N–H and O–H groups in total.